The number of fused-ring (bicyclic) bond motifs is 16. The molecule has 186 valence electrons. The zero-order chi connectivity index (χ0) is 25.0. The Morgan fingerprint density at radius 2 is 1.35 bits per heavy atom. The quantitative estimate of drug-likeness (QED) is 0.151. The summed E-state index contributed by atoms with van der Waals surface area (Å²) in [6, 6.07) is 18.1. The van der Waals surface area contributed by atoms with E-state index < -0.39 is 34.1 Å². The summed E-state index contributed by atoms with van der Waals surface area (Å²) in [7, 11) is 0. The molecule has 2 atom stereocenters. The van der Waals surface area contributed by atoms with E-state index in [1.54, 1.807) is 31.2 Å². The number of nitrogens with zero attached hydrogens (tertiary/aromatic N) is 2. The first kappa shape index (κ1) is 24.2. The van der Waals surface area contributed by atoms with Gasteiger partial charge in [0.15, 0.2) is 0 Å². The Kier molecular flexibility index (Phi) is 5.20. The van der Waals surface area contributed by atoms with Crippen molar-refractivity contribution in [3.63, 3.8) is 0 Å². The number of hydrogen-bond donors (Lipinski definition) is 0. The number of halogens is 4. The van der Waals surface area contributed by atoms with Crippen LogP contribution in [0.3, 0.4) is 0 Å². The topological polar surface area (TPSA) is 25.8 Å². The molecule has 0 N–H and O–H groups in total. The van der Waals surface area contributed by atoms with E-state index in [2.05, 4.69) is 12.1 Å². The first-order valence-electron chi connectivity index (χ1n) is 11.7. The molecule has 0 amide bonds. The van der Waals surface area contributed by atoms with Gasteiger partial charge in [-0.15, -0.1) is 47.1 Å². The van der Waals surface area contributed by atoms with E-state index in [9.17, 15) is 13.2 Å². The van der Waals surface area contributed by atoms with Crippen molar-refractivity contribution in [3.05, 3.63) is 118 Å². The minimum absolute atomic E-state index is 0. The normalized spacial score (nSPS) is 22.5. The van der Waals surface area contributed by atoms with Gasteiger partial charge in [-0.1, -0.05) is 49.6 Å². The van der Waals surface area contributed by atoms with Gasteiger partial charge in [-0.2, -0.15) is 12.0 Å². The summed E-state index contributed by atoms with van der Waals surface area (Å²) in [5.41, 5.74) is 1.06. The van der Waals surface area contributed by atoms with Gasteiger partial charge in [0.05, 0.1) is 5.82 Å². The van der Waals surface area contributed by atoms with Crippen molar-refractivity contribution in [3.8, 4) is 22.5 Å². The summed E-state index contributed by atoms with van der Waals surface area (Å²) >= 11 is 0. The van der Waals surface area contributed by atoms with Crippen LogP contribution in [0.25, 0.3) is 22.5 Å². The molecule has 7 rings (SSSR count). The molecule has 3 aliphatic rings. The molecule has 3 heterocycles. The Hall–Kier alpha value is -3.11. The molecule has 2 nitrogen and oxygen atoms in total. The van der Waals surface area contributed by atoms with E-state index in [0.717, 1.165) is 23.7 Å². The van der Waals surface area contributed by atoms with Crippen LogP contribution in [0.2, 0.25) is 0 Å². The molecule has 4 aromatic rings. The van der Waals surface area contributed by atoms with Gasteiger partial charge in [-0.3, -0.25) is 19.7 Å². The number of pyridine rings is 2. The van der Waals surface area contributed by atoms with Crippen LogP contribution in [0.4, 0.5) is 17.6 Å². The number of benzene rings is 2. The molecule has 0 saturated heterocycles. The van der Waals surface area contributed by atoms with E-state index in [1.165, 1.54) is 0 Å². The molecular formula is C30H18F4N2Pt. The fourth-order valence-corrected chi connectivity index (χ4v) is 5.46. The van der Waals surface area contributed by atoms with E-state index in [4.69, 9.17) is 9.97 Å². The van der Waals surface area contributed by atoms with Gasteiger partial charge >= 0.3 is 21.1 Å². The monoisotopic (exact) mass is 677 g/mol. The molecule has 0 radical (unpaired) electrons. The van der Waals surface area contributed by atoms with Crippen LogP contribution in [0.1, 0.15) is 49.2 Å². The maximum atomic E-state index is 15.1. The van der Waals surface area contributed by atoms with Gasteiger partial charge < -0.3 is 21.0 Å². The fraction of sp³-hybridized carbons (Fsp3) is 0.200. The van der Waals surface area contributed by atoms with Crippen molar-refractivity contribution in [1.29, 1.82) is 0 Å². The van der Waals surface area contributed by atoms with Crippen molar-refractivity contribution < 1.29 is 38.6 Å². The zero-order valence-electron chi connectivity index (χ0n) is 19.8. The van der Waals surface area contributed by atoms with Gasteiger partial charge in [0, 0.05) is 23.0 Å². The van der Waals surface area contributed by atoms with Gasteiger partial charge in [-0.05, 0) is 23.2 Å². The van der Waals surface area contributed by atoms with Gasteiger partial charge in [-0.25, -0.2) is 4.39 Å². The molecule has 7 heteroatoms. The number of rotatable bonds is 0. The Bertz CT molecular complexity index is 1610. The van der Waals surface area contributed by atoms with E-state index >= 15 is 4.39 Å². The van der Waals surface area contributed by atoms with Crippen LogP contribution >= 0.6 is 0 Å². The maximum absolute atomic E-state index is 15.1. The molecule has 1 aliphatic heterocycles. The summed E-state index contributed by atoms with van der Waals surface area (Å²) in [4.78, 5) is 9.43. The summed E-state index contributed by atoms with van der Waals surface area (Å²) in [5.74, 6) is -1.54. The summed E-state index contributed by atoms with van der Waals surface area (Å²) in [5, 5.41) is 0. The van der Waals surface area contributed by atoms with Gasteiger partial charge in [0.25, 0.3) is 0 Å². The van der Waals surface area contributed by atoms with Crippen molar-refractivity contribution in [2.45, 2.75) is 37.5 Å². The van der Waals surface area contributed by atoms with Crippen molar-refractivity contribution in [2.24, 2.45) is 0 Å². The zero-order valence-corrected chi connectivity index (χ0v) is 22.0. The molecule has 8 bridgehead atoms. The predicted molar refractivity (Wildman–Crippen MR) is 125 cm³/mol. The van der Waals surface area contributed by atoms with E-state index in [-0.39, 0.29) is 43.3 Å². The minimum Gasteiger partial charge on any atom is -0.358 e. The molecule has 0 spiro atoms. The molecule has 2 unspecified atom stereocenters. The Balaban J connectivity index is 0.00000252. The first-order chi connectivity index (χ1) is 17.2. The molecular weight excluding hydrogens is 659 g/mol. The van der Waals surface area contributed by atoms with Gasteiger partial charge in [0.2, 0.25) is 0 Å². The third-order valence-corrected chi connectivity index (χ3v) is 7.84. The molecule has 2 saturated carbocycles. The van der Waals surface area contributed by atoms with Crippen molar-refractivity contribution >= 4 is 0 Å². The van der Waals surface area contributed by atoms with Crippen LogP contribution in [0.15, 0.2) is 48.5 Å². The summed E-state index contributed by atoms with van der Waals surface area (Å²) in [6.07, 6.45) is 0.985. The summed E-state index contributed by atoms with van der Waals surface area (Å²) < 4.78 is 60.0. The van der Waals surface area contributed by atoms with E-state index in [1.807, 2.05) is 19.1 Å². The molecule has 2 aromatic heterocycles. The average molecular weight is 678 g/mol. The second kappa shape index (κ2) is 7.94. The Morgan fingerprint density at radius 3 is 2.11 bits per heavy atom. The van der Waals surface area contributed by atoms with Crippen LogP contribution < -0.4 is 0 Å². The fourth-order valence-electron chi connectivity index (χ4n) is 5.46. The third-order valence-electron chi connectivity index (χ3n) is 7.84. The molecule has 2 aromatic carbocycles. The maximum Gasteiger partial charge on any atom is 4.00 e. The molecule has 2 fully saturated rings. The largest absolute Gasteiger partial charge is 4.00 e. The Morgan fingerprint density at radius 1 is 0.730 bits per heavy atom. The second-order valence-electron chi connectivity index (χ2n) is 10.2. The van der Waals surface area contributed by atoms with Crippen LogP contribution in [0, 0.1) is 47.2 Å². The third kappa shape index (κ3) is 3.49. The van der Waals surface area contributed by atoms with Crippen LogP contribution in [0.5, 0.6) is 0 Å². The first-order valence-corrected chi connectivity index (χ1v) is 11.7. The smallest absolute Gasteiger partial charge is 0.358 e. The predicted octanol–water partition coefficient (Wildman–Crippen LogP) is 6.85. The minimum atomic E-state index is -0.938. The SMILES string of the molecule is CC12C[C-]1c1cccc(n1)-c1[c-]c(c(F)cc1F)C1(C)C[C-]1c1[c-]c(c(F)cc1F)-c1cccc2n1.[Pt+4]. The van der Waals surface area contributed by atoms with Gasteiger partial charge in [0.1, 0.15) is 0 Å². The average Bonchev–Trinajstić information content (AvgIpc) is 3.74. The van der Waals surface area contributed by atoms with Crippen molar-refractivity contribution in [1.82, 2.24) is 9.97 Å². The second-order valence-corrected chi connectivity index (χ2v) is 10.2. The standard InChI is InChI=1S/C30H18F4N2.Pt/c1-29-13-19(29)15-9-16(22(32)11-21(15)31)26-6-4-8-28(36-26)30(2)14-20(30)27-7-3-5-25(35-27)17-10-18(29)24(34)12-23(17)33;/h3-8,11-12H,13-14H2,1-2H3;/q-4;+4. The molecule has 2 aliphatic carbocycles. The Labute approximate surface area is 226 Å². The van der Waals surface area contributed by atoms with Crippen molar-refractivity contribution in [2.75, 3.05) is 0 Å². The molecule has 37 heavy (non-hydrogen) atoms. The van der Waals surface area contributed by atoms with Crippen LogP contribution in [-0.2, 0) is 31.9 Å². The summed E-state index contributed by atoms with van der Waals surface area (Å²) in [6.45, 7) is 3.77. The van der Waals surface area contributed by atoms with E-state index in [0.29, 0.717) is 35.8 Å². The number of hydrogen-bond acceptors (Lipinski definition) is 2. The number of aromatic nitrogens is 2. The van der Waals surface area contributed by atoms with Crippen LogP contribution in [-0.4, -0.2) is 9.97 Å².